The Morgan fingerprint density at radius 2 is 1.67 bits per heavy atom. The van der Waals surface area contributed by atoms with E-state index in [2.05, 4.69) is 12.1 Å². The maximum atomic E-state index is 12.3. The number of hydrogen-bond donors (Lipinski definition) is 1. The third-order valence-corrected chi connectivity index (χ3v) is 5.44. The Balaban J connectivity index is 1.94. The van der Waals surface area contributed by atoms with E-state index < -0.39 is 9.84 Å². The van der Waals surface area contributed by atoms with E-state index in [0.717, 1.165) is 18.4 Å². The number of hydrogen-bond acceptors (Lipinski definition) is 3. The molecule has 0 saturated heterocycles. The highest BCUT2D eigenvalue weighted by molar-refractivity contribution is 7.91. The number of rotatable bonds is 6. The third-order valence-electron chi connectivity index (χ3n) is 3.59. The monoisotopic (exact) mass is 303 g/mol. The second-order valence-corrected chi connectivity index (χ2v) is 7.33. The van der Waals surface area contributed by atoms with Crippen LogP contribution in [0.25, 0.3) is 0 Å². The fraction of sp³-hybridized carbons (Fsp3) is 0.294. The van der Waals surface area contributed by atoms with Gasteiger partial charge in [0.1, 0.15) is 0 Å². The first-order valence-electron chi connectivity index (χ1n) is 7.12. The number of nitrogens with two attached hydrogens (primary N) is 1. The van der Waals surface area contributed by atoms with E-state index >= 15 is 0 Å². The summed E-state index contributed by atoms with van der Waals surface area (Å²) in [7, 11) is -3.29. The molecule has 3 nitrogen and oxygen atoms in total. The van der Waals surface area contributed by atoms with Gasteiger partial charge < -0.3 is 5.73 Å². The van der Waals surface area contributed by atoms with Gasteiger partial charge in [0.15, 0.2) is 9.84 Å². The minimum absolute atomic E-state index is 0.146. The Hall–Kier alpha value is -1.81. The van der Waals surface area contributed by atoms with Crippen LogP contribution < -0.4 is 5.73 Å². The highest BCUT2D eigenvalue weighted by Gasteiger charge is 2.17. The SMILES string of the molecule is Cc1cccc(S(=O)(=O)CCCCc2ccccc2)c1N. The number of nitrogen functional groups attached to an aromatic ring is 1. The first kappa shape index (κ1) is 15.6. The minimum Gasteiger partial charge on any atom is -0.397 e. The van der Waals surface area contributed by atoms with E-state index in [1.807, 2.05) is 31.2 Å². The molecule has 0 saturated carbocycles. The van der Waals surface area contributed by atoms with Crippen LogP contribution in [0.15, 0.2) is 53.4 Å². The molecule has 0 amide bonds. The molecule has 0 heterocycles. The van der Waals surface area contributed by atoms with Gasteiger partial charge in [0.05, 0.1) is 16.3 Å². The van der Waals surface area contributed by atoms with E-state index in [1.54, 1.807) is 12.1 Å². The lowest BCUT2D eigenvalue weighted by molar-refractivity contribution is 0.591. The fourth-order valence-corrected chi connectivity index (χ4v) is 3.89. The maximum absolute atomic E-state index is 12.3. The van der Waals surface area contributed by atoms with Crippen LogP contribution in [-0.4, -0.2) is 14.2 Å². The predicted molar refractivity (Wildman–Crippen MR) is 87.0 cm³/mol. The number of benzene rings is 2. The van der Waals surface area contributed by atoms with Crippen LogP contribution in [0.5, 0.6) is 0 Å². The minimum atomic E-state index is -3.29. The van der Waals surface area contributed by atoms with Crippen molar-refractivity contribution in [1.82, 2.24) is 0 Å². The Morgan fingerprint density at radius 3 is 2.38 bits per heavy atom. The molecule has 0 bridgehead atoms. The summed E-state index contributed by atoms with van der Waals surface area (Å²) in [6.45, 7) is 1.82. The largest absolute Gasteiger partial charge is 0.397 e. The summed E-state index contributed by atoms with van der Waals surface area (Å²) in [4.78, 5) is 0.266. The maximum Gasteiger partial charge on any atom is 0.180 e. The van der Waals surface area contributed by atoms with E-state index in [9.17, 15) is 8.42 Å². The Kier molecular flexibility index (Phi) is 5.02. The fourth-order valence-electron chi connectivity index (χ4n) is 2.30. The van der Waals surface area contributed by atoms with Gasteiger partial charge in [-0.15, -0.1) is 0 Å². The van der Waals surface area contributed by atoms with Crippen molar-refractivity contribution in [2.75, 3.05) is 11.5 Å². The number of aryl methyl sites for hydroxylation is 2. The van der Waals surface area contributed by atoms with Crippen LogP contribution in [0.2, 0.25) is 0 Å². The average molecular weight is 303 g/mol. The third kappa shape index (κ3) is 4.08. The molecule has 0 aromatic heterocycles. The standard InChI is InChI=1S/C17H21NO2S/c1-14-8-7-12-16(17(14)18)21(19,20)13-6-5-11-15-9-3-2-4-10-15/h2-4,7-10,12H,5-6,11,13,18H2,1H3. The van der Waals surface area contributed by atoms with Crippen LogP contribution >= 0.6 is 0 Å². The highest BCUT2D eigenvalue weighted by Crippen LogP contribution is 2.23. The van der Waals surface area contributed by atoms with Gasteiger partial charge in [0, 0.05) is 0 Å². The summed E-state index contributed by atoms with van der Waals surface area (Å²) in [5.41, 5.74) is 8.31. The Labute approximate surface area is 126 Å². The lowest BCUT2D eigenvalue weighted by Crippen LogP contribution is -2.10. The Bertz CT molecular complexity index is 694. The molecule has 0 fully saturated rings. The van der Waals surface area contributed by atoms with Gasteiger partial charge in [-0.3, -0.25) is 0 Å². The molecule has 2 aromatic carbocycles. The number of anilines is 1. The normalized spacial score (nSPS) is 11.5. The van der Waals surface area contributed by atoms with Gasteiger partial charge in [-0.1, -0.05) is 42.5 Å². The number of unbranched alkanes of at least 4 members (excludes halogenated alkanes) is 1. The average Bonchev–Trinajstić information content (AvgIpc) is 2.47. The van der Waals surface area contributed by atoms with Gasteiger partial charge in [0.25, 0.3) is 0 Å². The molecule has 0 radical (unpaired) electrons. The van der Waals surface area contributed by atoms with Crippen LogP contribution in [0.1, 0.15) is 24.0 Å². The van der Waals surface area contributed by atoms with Crippen molar-refractivity contribution in [3.05, 3.63) is 59.7 Å². The number of para-hydroxylation sites is 1. The van der Waals surface area contributed by atoms with Crippen molar-refractivity contribution in [3.8, 4) is 0 Å². The summed E-state index contributed by atoms with van der Waals surface area (Å²) in [6.07, 6.45) is 2.40. The van der Waals surface area contributed by atoms with Crippen LogP contribution in [-0.2, 0) is 16.3 Å². The van der Waals surface area contributed by atoms with Crippen LogP contribution in [0.4, 0.5) is 5.69 Å². The molecular formula is C17H21NO2S. The zero-order valence-electron chi connectivity index (χ0n) is 12.2. The van der Waals surface area contributed by atoms with Gasteiger partial charge in [-0.25, -0.2) is 8.42 Å². The molecular weight excluding hydrogens is 282 g/mol. The molecule has 0 aliphatic rings. The molecule has 4 heteroatoms. The zero-order chi connectivity index (χ0) is 15.3. The molecule has 21 heavy (non-hydrogen) atoms. The van der Waals surface area contributed by atoms with Crippen LogP contribution in [0, 0.1) is 6.92 Å². The van der Waals surface area contributed by atoms with Crippen molar-refractivity contribution in [2.24, 2.45) is 0 Å². The highest BCUT2D eigenvalue weighted by atomic mass is 32.2. The van der Waals surface area contributed by atoms with Crippen LogP contribution in [0.3, 0.4) is 0 Å². The Morgan fingerprint density at radius 1 is 0.952 bits per heavy atom. The van der Waals surface area contributed by atoms with Gasteiger partial charge in [-0.2, -0.15) is 0 Å². The molecule has 112 valence electrons. The zero-order valence-corrected chi connectivity index (χ0v) is 13.1. The molecule has 0 unspecified atom stereocenters. The first-order valence-corrected chi connectivity index (χ1v) is 8.78. The van der Waals surface area contributed by atoms with Crippen molar-refractivity contribution in [2.45, 2.75) is 31.1 Å². The van der Waals surface area contributed by atoms with Gasteiger partial charge in [-0.05, 0) is 43.4 Å². The molecule has 0 aliphatic heterocycles. The molecule has 0 spiro atoms. The molecule has 2 aromatic rings. The molecule has 2 rings (SSSR count). The van der Waals surface area contributed by atoms with E-state index in [1.165, 1.54) is 5.56 Å². The molecule has 0 aliphatic carbocycles. The van der Waals surface area contributed by atoms with Gasteiger partial charge >= 0.3 is 0 Å². The summed E-state index contributed by atoms with van der Waals surface area (Å²) >= 11 is 0. The van der Waals surface area contributed by atoms with E-state index in [4.69, 9.17) is 5.73 Å². The van der Waals surface area contributed by atoms with Gasteiger partial charge in [0.2, 0.25) is 0 Å². The quantitative estimate of drug-likeness (QED) is 0.657. The van der Waals surface area contributed by atoms with Crippen molar-refractivity contribution >= 4 is 15.5 Å². The lowest BCUT2D eigenvalue weighted by atomic mass is 10.1. The summed E-state index contributed by atoms with van der Waals surface area (Å²) in [6, 6.07) is 15.3. The number of sulfone groups is 1. The molecule has 2 N–H and O–H groups in total. The smallest absolute Gasteiger partial charge is 0.180 e. The summed E-state index contributed by atoms with van der Waals surface area (Å²) < 4.78 is 24.7. The predicted octanol–water partition coefficient (Wildman–Crippen LogP) is 3.37. The second-order valence-electron chi connectivity index (χ2n) is 5.25. The first-order chi connectivity index (χ1) is 10.0. The summed E-state index contributed by atoms with van der Waals surface area (Å²) in [5.74, 6) is 0.146. The van der Waals surface area contributed by atoms with Crippen molar-refractivity contribution in [3.63, 3.8) is 0 Å². The van der Waals surface area contributed by atoms with Crippen molar-refractivity contribution in [1.29, 1.82) is 0 Å². The summed E-state index contributed by atoms with van der Waals surface area (Å²) in [5, 5.41) is 0. The lowest BCUT2D eigenvalue weighted by Gasteiger charge is -2.09. The topological polar surface area (TPSA) is 60.2 Å². The van der Waals surface area contributed by atoms with Crippen molar-refractivity contribution < 1.29 is 8.42 Å². The van der Waals surface area contributed by atoms with E-state index in [0.29, 0.717) is 12.1 Å². The molecule has 0 atom stereocenters. The second kappa shape index (κ2) is 6.76. The van der Waals surface area contributed by atoms with E-state index in [-0.39, 0.29) is 10.6 Å².